The van der Waals surface area contributed by atoms with E-state index in [4.69, 9.17) is 0 Å². The van der Waals surface area contributed by atoms with Crippen molar-refractivity contribution in [2.24, 2.45) is 5.41 Å². The summed E-state index contributed by atoms with van der Waals surface area (Å²) in [6.07, 6.45) is 4.69. The van der Waals surface area contributed by atoms with Gasteiger partial charge in [-0.15, -0.1) is 5.10 Å². The SMILES string of the molecule is Fc1ccc(-c2cc3n(c2)Cc2cc(N4CC5(CCCNC5)C4)ccc2-n2nnnc2-3)cc1. The molecule has 5 heterocycles. The Hall–Kier alpha value is -3.52. The summed E-state index contributed by atoms with van der Waals surface area (Å²) >= 11 is 0. The third-order valence-corrected chi connectivity index (χ3v) is 7.38. The van der Waals surface area contributed by atoms with E-state index in [-0.39, 0.29) is 5.82 Å². The number of nitrogens with zero attached hydrogens (tertiary/aromatic N) is 6. The number of aromatic nitrogens is 5. The monoisotopic (exact) mass is 441 g/mol. The molecule has 1 N–H and O–H groups in total. The van der Waals surface area contributed by atoms with Crippen molar-refractivity contribution in [3.63, 3.8) is 0 Å². The van der Waals surface area contributed by atoms with E-state index in [1.165, 1.54) is 36.2 Å². The number of anilines is 1. The number of piperidine rings is 1. The molecule has 2 aromatic carbocycles. The van der Waals surface area contributed by atoms with Gasteiger partial charge in [0.05, 0.1) is 11.4 Å². The van der Waals surface area contributed by atoms with Gasteiger partial charge in [-0.25, -0.2) is 4.39 Å². The van der Waals surface area contributed by atoms with Crippen LogP contribution in [-0.2, 0) is 6.54 Å². The van der Waals surface area contributed by atoms with Crippen LogP contribution in [0.4, 0.5) is 10.1 Å². The van der Waals surface area contributed by atoms with Gasteiger partial charge >= 0.3 is 0 Å². The Morgan fingerprint density at radius 3 is 2.70 bits per heavy atom. The molecule has 2 aromatic heterocycles. The summed E-state index contributed by atoms with van der Waals surface area (Å²) in [6.45, 7) is 5.21. The van der Waals surface area contributed by atoms with Gasteiger partial charge in [-0.2, -0.15) is 4.68 Å². The second kappa shape index (κ2) is 6.99. The molecule has 7 rings (SSSR count). The third kappa shape index (κ3) is 3.01. The van der Waals surface area contributed by atoms with Crippen LogP contribution in [0.3, 0.4) is 0 Å². The number of tetrazole rings is 1. The number of rotatable bonds is 2. The number of benzene rings is 2. The summed E-state index contributed by atoms with van der Waals surface area (Å²) in [4.78, 5) is 2.49. The highest BCUT2D eigenvalue weighted by Gasteiger charge is 2.43. The van der Waals surface area contributed by atoms with Crippen LogP contribution in [0.1, 0.15) is 18.4 Å². The molecular weight excluding hydrogens is 417 g/mol. The maximum absolute atomic E-state index is 13.4. The van der Waals surface area contributed by atoms with E-state index in [1.54, 1.807) is 12.1 Å². The average molecular weight is 442 g/mol. The molecule has 0 atom stereocenters. The Bertz CT molecular complexity index is 1340. The van der Waals surface area contributed by atoms with Crippen LogP contribution in [0, 0.1) is 11.2 Å². The van der Waals surface area contributed by atoms with Gasteiger partial charge in [0, 0.05) is 49.0 Å². The molecule has 33 heavy (non-hydrogen) atoms. The molecule has 0 bridgehead atoms. The molecule has 2 fully saturated rings. The summed E-state index contributed by atoms with van der Waals surface area (Å²) in [5.41, 5.74) is 6.84. The lowest BCUT2D eigenvalue weighted by Gasteiger charge is -2.53. The van der Waals surface area contributed by atoms with Gasteiger partial charge in [0.1, 0.15) is 5.82 Å². The van der Waals surface area contributed by atoms with Gasteiger partial charge in [-0.05, 0) is 77.3 Å². The lowest BCUT2D eigenvalue weighted by atomic mass is 9.74. The minimum absolute atomic E-state index is 0.235. The standard InChI is InChI=1S/C25H24FN7/c26-20-4-2-17(3-5-20)18-11-23-24-28-29-30-33(24)22-7-6-21(10-19(22)13-31(23)12-18)32-15-25(16-32)8-1-9-27-14-25/h2-7,10-12,27H,1,8-9,13-16H2. The summed E-state index contributed by atoms with van der Waals surface area (Å²) in [5.74, 6) is 0.479. The average Bonchev–Trinajstić information content (AvgIpc) is 3.43. The quantitative estimate of drug-likeness (QED) is 0.454. The van der Waals surface area contributed by atoms with Gasteiger partial charge in [0.15, 0.2) is 0 Å². The Kier molecular flexibility index (Phi) is 4.02. The second-order valence-corrected chi connectivity index (χ2v) is 9.61. The molecule has 3 aliphatic heterocycles. The minimum Gasteiger partial charge on any atom is -0.370 e. The first kappa shape index (κ1) is 19.0. The highest BCUT2D eigenvalue weighted by Crippen LogP contribution is 2.41. The lowest BCUT2D eigenvalue weighted by molar-refractivity contribution is 0.157. The first-order chi connectivity index (χ1) is 16.2. The van der Waals surface area contributed by atoms with Gasteiger partial charge in [0.25, 0.3) is 0 Å². The van der Waals surface area contributed by atoms with Crippen molar-refractivity contribution >= 4 is 5.69 Å². The molecule has 0 unspecified atom stereocenters. The number of halogens is 1. The molecule has 1 spiro atoms. The highest BCUT2D eigenvalue weighted by molar-refractivity contribution is 5.71. The smallest absolute Gasteiger partial charge is 0.203 e. The predicted molar refractivity (Wildman–Crippen MR) is 124 cm³/mol. The molecular formula is C25H24FN7. The first-order valence-electron chi connectivity index (χ1n) is 11.5. The van der Waals surface area contributed by atoms with E-state index < -0.39 is 0 Å². The van der Waals surface area contributed by atoms with Gasteiger partial charge in [-0.1, -0.05) is 12.1 Å². The van der Waals surface area contributed by atoms with E-state index in [0.717, 1.165) is 48.7 Å². The van der Waals surface area contributed by atoms with Crippen LogP contribution >= 0.6 is 0 Å². The van der Waals surface area contributed by atoms with E-state index >= 15 is 0 Å². The summed E-state index contributed by atoms with van der Waals surface area (Å²) in [5, 5.41) is 16.2. The molecule has 0 saturated carbocycles. The second-order valence-electron chi connectivity index (χ2n) is 9.61. The maximum Gasteiger partial charge on any atom is 0.203 e. The Morgan fingerprint density at radius 2 is 1.88 bits per heavy atom. The fraction of sp³-hybridized carbons (Fsp3) is 0.320. The lowest BCUT2D eigenvalue weighted by Crippen LogP contribution is -2.62. The number of fused-ring (bicyclic) bond motifs is 5. The molecule has 8 heteroatoms. The van der Waals surface area contributed by atoms with Gasteiger partial charge in [-0.3, -0.25) is 0 Å². The van der Waals surface area contributed by atoms with Gasteiger partial charge in [0.2, 0.25) is 5.82 Å². The van der Waals surface area contributed by atoms with E-state index in [1.807, 2.05) is 4.68 Å². The van der Waals surface area contributed by atoms with Gasteiger partial charge < -0.3 is 14.8 Å². The van der Waals surface area contributed by atoms with Crippen molar-refractivity contribution in [2.45, 2.75) is 19.4 Å². The molecule has 166 valence electrons. The third-order valence-electron chi connectivity index (χ3n) is 7.38. The van der Waals surface area contributed by atoms with Crippen molar-refractivity contribution in [3.05, 3.63) is 66.1 Å². The summed E-state index contributed by atoms with van der Waals surface area (Å²) < 4.78 is 17.4. The number of nitrogens with one attached hydrogen (secondary N) is 1. The van der Waals surface area contributed by atoms with Crippen LogP contribution in [0.5, 0.6) is 0 Å². The van der Waals surface area contributed by atoms with E-state index in [9.17, 15) is 4.39 Å². The summed E-state index contributed by atoms with van der Waals surface area (Å²) in [6, 6.07) is 15.3. The van der Waals surface area contributed by atoms with Crippen molar-refractivity contribution in [2.75, 3.05) is 31.1 Å². The van der Waals surface area contributed by atoms with Crippen LogP contribution in [0.15, 0.2) is 54.7 Å². The van der Waals surface area contributed by atoms with Crippen LogP contribution in [0.25, 0.3) is 28.3 Å². The van der Waals surface area contributed by atoms with Crippen molar-refractivity contribution in [1.29, 1.82) is 0 Å². The zero-order valence-electron chi connectivity index (χ0n) is 18.2. The maximum atomic E-state index is 13.4. The number of hydrogen-bond acceptors (Lipinski definition) is 5. The highest BCUT2D eigenvalue weighted by atomic mass is 19.1. The van der Waals surface area contributed by atoms with E-state index in [2.05, 4.69) is 60.8 Å². The predicted octanol–water partition coefficient (Wildman–Crippen LogP) is 3.49. The Labute approximate surface area is 190 Å². The fourth-order valence-electron chi connectivity index (χ4n) is 5.67. The first-order valence-corrected chi connectivity index (χ1v) is 11.5. The molecule has 0 radical (unpaired) electrons. The van der Waals surface area contributed by atoms with Crippen LogP contribution in [0.2, 0.25) is 0 Å². The largest absolute Gasteiger partial charge is 0.370 e. The van der Waals surface area contributed by atoms with E-state index in [0.29, 0.717) is 17.8 Å². The Balaban J connectivity index is 1.25. The molecule has 7 nitrogen and oxygen atoms in total. The zero-order chi connectivity index (χ0) is 22.0. The molecule has 0 amide bonds. The fourth-order valence-corrected chi connectivity index (χ4v) is 5.67. The van der Waals surface area contributed by atoms with Crippen molar-refractivity contribution in [1.82, 2.24) is 30.1 Å². The zero-order valence-corrected chi connectivity index (χ0v) is 18.2. The molecule has 2 saturated heterocycles. The molecule has 3 aliphatic rings. The minimum atomic E-state index is -0.235. The van der Waals surface area contributed by atoms with Crippen molar-refractivity contribution < 1.29 is 4.39 Å². The molecule has 4 aromatic rings. The number of hydrogen-bond donors (Lipinski definition) is 1. The van der Waals surface area contributed by atoms with Crippen molar-refractivity contribution in [3.8, 4) is 28.3 Å². The van der Waals surface area contributed by atoms with Crippen LogP contribution in [-0.4, -0.2) is 51.0 Å². The van der Waals surface area contributed by atoms with Crippen LogP contribution < -0.4 is 10.2 Å². The topological polar surface area (TPSA) is 63.8 Å². The summed E-state index contributed by atoms with van der Waals surface area (Å²) in [7, 11) is 0. The normalized spacial score (nSPS) is 18.3. The molecule has 0 aliphatic carbocycles. The Morgan fingerprint density at radius 1 is 1.00 bits per heavy atom.